The minimum Gasteiger partial charge on any atom is -0.492 e. The summed E-state index contributed by atoms with van der Waals surface area (Å²) in [6.45, 7) is 6.76. The number of nitrogens with one attached hydrogen (secondary N) is 1. The van der Waals surface area contributed by atoms with E-state index in [9.17, 15) is 9.59 Å². The Bertz CT molecular complexity index is 604. The standard InChI is InChI=1S/C18H22BrNO4.C2H6.CH4O/c1-3-5-16(24-11-10-23-2)8-9-18(22)20-17-7-4-6-15(19)12-14(17)13-21;2*1-2/h3-5,7-8,12-13H,6,9-11H2,1-2H3,(H,20,22);1-2H3;2H,1H3/b5-3-,16-8+;;. The monoisotopic (exact) mass is 457 g/mol. The fourth-order valence-corrected chi connectivity index (χ4v) is 2.31. The van der Waals surface area contributed by atoms with Crippen molar-refractivity contribution in [2.75, 3.05) is 27.4 Å². The van der Waals surface area contributed by atoms with E-state index in [0.29, 0.717) is 36.7 Å². The summed E-state index contributed by atoms with van der Waals surface area (Å²) >= 11 is 3.37. The van der Waals surface area contributed by atoms with Crippen LogP contribution < -0.4 is 5.32 Å². The van der Waals surface area contributed by atoms with E-state index < -0.39 is 0 Å². The first-order valence-electron chi connectivity index (χ1n) is 9.02. The van der Waals surface area contributed by atoms with Gasteiger partial charge in [-0.05, 0) is 42.1 Å². The summed E-state index contributed by atoms with van der Waals surface area (Å²) in [4.78, 5) is 23.3. The summed E-state index contributed by atoms with van der Waals surface area (Å²) in [5, 5.41) is 9.75. The summed E-state index contributed by atoms with van der Waals surface area (Å²) < 4.78 is 11.3. The molecular formula is C21H32BrNO5. The van der Waals surface area contributed by atoms with Crippen molar-refractivity contribution in [3.8, 4) is 0 Å². The van der Waals surface area contributed by atoms with E-state index >= 15 is 0 Å². The number of ether oxygens (including phenoxy) is 2. The number of aldehydes is 1. The lowest BCUT2D eigenvalue weighted by Crippen LogP contribution is -2.22. The SMILES string of the molecule is C/C=C\C(=C/CC(=O)NC1=C(C=O)C=C(Br)CC=C1)OCCOC.CC.CO. The van der Waals surface area contributed by atoms with Crippen LogP contribution in [0, 0.1) is 0 Å². The molecule has 0 aromatic carbocycles. The van der Waals surface area contributed by atoms with E-state index in [1.807, 2.05) is 32.9 Å². The number of methoxy groups -OCH3 is 1. The third-order valence-corrected chi connectivity index (χ3v) is 3.55. The number of carbonyl (C=O) groups is 2. The Balaban J connectivity index is 0. The molecule has 0 spiro atoms. The van der Waals surface area contributed by atoms with Crippen molar-refractivity contribution in [2.45, 2.75) is 33.6 Å². The molecule has 0 radical (unpaired) electrons. The van der Waals surface area contributed by atoms with Gasteiger partial charge in [-0.3, -0.25) is 9.59 Å². The number of carbonyl (C=O) groups excluding carboxylic acids is 2. The smallest absolute Gasteiger partial charge is 0.228 e. The number of amides is 1. The minimum absolute atomic E-state index is 0.140. The quantitative estimate of drug-likeness (QED) is 0.237. The summed E-state index contributed by atoms with van der Waals surface area (Å²) in [6.07, 6.45) is 12.2. The van der Waals surface area contributed by atoms with Crippen molar-refractivity contribution in [2.24, 2.45) is 0 Å². The van der Waals surface area contributed by atoms with Crippen molar-refractivity contribution < 1.29 is 24.2 Å². The Morgan fingerprint density at radius 1 is 1.32 bits per heavy atom. The molecule has 0 bridgehead atoms. The second kappa shape index (κ2) is 19.8. The summed E-state index contributed by atoms with van der Waals surface area (Å²) in [5.41, 5.74) is 0.920. The average molecular weight is 458 g/mol. The molecule has 0 unspecified atom stereocenters. The third-order valence-electron chi connectivity index (χ3n) is 3.00. The molecule has 0 fully saturated rings. The third kappa shape index (κ3) is 13.2. The van der Waals surface area contributed by atoms with Crippen LogP contribution in [-0.4, -0.2) is 44.7 Å². The van der Waals surface area contributed by atoms with Gasteiger partial charge in [0.15, 0.2) is 6.29 Å². The van der Waals surface area contributed by atoms with Crippen molar-refractivity contribution in [1.82, 2.24) is 5.32 Å². The van der Waals surface area contributed by atoms with Gasteiger partial charge in [0.1, 0.15) is 12.4 Å². The van der Waals surface area contributed by atoms with E-state index in [1.54, 1.807) is 31.4 Å². The first-order valence-corrected chi connectivity index (χ1v) is 9.81. The average Bonchev–Trinajstić information content (AvgIpc) is 2.90. The predicted octanol–water partition coefficient (Wildman–Crippen LogP) is 3.94. The predicted molar refractivity (Wildman–Crippen MR) is 117 cm³/mol. The van der Waals surface area contributed by atoms with Crippen LogP contribution in [-0.2, 0) is 19.1 Å². The molecule has 1 aliphatic rings. The van der Waals surface area contributed by atoms with Crippen molar-refractivity contribution in [3.05, 3.63) is 58.0 Å². The van der Waals surface area contributed by atoms with E-state index in [0.717, 1.165) is 17.9 Å². The lowest BCUT2D eigenvalue weighted by atomic mass is 10.2. The van der Waals surface area contributed by atoms with Crippen LogP contribution in [0.4, 0.5) is 0 Å². The largest absolute Gasteiger partial charge is 0.492 e. The van der Waals surface area contributed by atoms with Gasteiger partial charge in [-0.15, -0.1) is 0 Å². The molecule has 0 aliphatic heterocycles. The molecule has 0 saturated heterocycles. The summed E-state index contributed by atoms with van der Waals surface area (Å²) in [6, 6.07) is 0. The fraction of sp³-hybridized carbons (Fsp3) is 0.429. The molecule has 1 aliphatic carbocycles. The van der Waals surface area contributed by atoms with Crippen LogP contribution in [0.2, 0.25) is 0 Å². The zero-order valence-electron chi connectivity index (χ0n) is 17.3. The zero-order chi connectivity index (χ0) is 21.8. The summed E-state index contributed by atoms with van der Waals surface area (Å²) in [7, 11) is 2.60. The minimum atomic E-state index is -0.224. The molecule has 0 heterocycles. The van der Waals surface area contributed by atoms with Gasteiger partial charge in [0.05, 0.1) is 12.3 Å². The first kappa shape index (κ1) is 28.3. The van der Waals surface area contributed by atoms with Gasteiger partial charge in [0, 0.05) is 26.2 Å². The van der Waals surface area contributed by atoms with Crippen molar-refractivity contribution in [1.29, 1.82) is 0 Å². The molecule has 6 nitrogen and oxygen atoms in total. The molecule has 7 heteroatoms. The highest BCUT2D eigenvalue weighted by atomic mass is 79.9. The van der Waals surface area contributed by atoms with Crippen molar-refractivity contribution >= 4 is 28.1 Å². The Kier molecular flexibility index (Phi) is 20.0. The molecular weight excluding hydrogens is 426 g/mol. The highest BCUT2D eigenvalue weighted by Gasteiger charge is 2.09. The number of hydrogen-bond donors (Lipinski definition) is 2. The van der Waals surface area contributed by atoms with Gasteiger partial charge < -0.3 is 19.9 Å². The lowest BCUT2D eigenvalue weighted by molar-refractivity contribution is -0.119. The summed E-state index contributed by atoms with van der Waals surface area (Å²) in [5.74, 6) is 0.381. The number of rotatable bonds is 9. The maximum Gasteiger partial charge on any atom is 0.228 e. The molecule has 0 aromatic rings. The molecule has 0 saturated carbocycles. The van der Waals surface area contributed by atoms with E-state index in [-0.39, 0.29) is 12.3 Å². The number of halogens is 1. The van der Waals surface area contributed by atoms with Crippen LogP contribution in [0.25, 0.3) is 0 Å². The van der Waals surface area contributed by atoms with Crippen LogP contribution in [0.1, 0.15) is 33.6 Å². The second-order valence-electron chi connectivity index (χ2n) is 4.88. The van der Waals surface area contributed by atoms with Gasteiger partial charge >= 0.3 is 0 Å². The number of hydrogen-bond acceptors (Lipinski definition) is 5. The lowest BCUT2D eigenvalue weighted by Gasteiger charge is -2.08. The van der Waals surface area contributed by atoms with Crippen molar-refractivity contribution in [3.63, 3.8) is 0 Å². The number of allylic oxidation sites excluding steroid dienone is 7. The van der Waals surface area contributed by atoms with Gasteiger partial charge in [0.2, 0.25) is 5.91 Å². The number of aliphatic hydroxyl groups is 1. The van der Waals surface area contributed by atoms with E-state index in [4.69, 9.17) is 14.6 Å². The molecule has 1 rings (SSSR count). The first-order chi connectivity index (χ1) is 13.6. The molecule has 1 amide bonds. The van der Waals surface area contributed by atoms with Gasteiger partial charge in [0.25, 0.3) is 0 Å². The Labute approximate surface area is 176 Å². The normalized spacial score (nSPS) is 13.5. The van der Waals surface area contributed by atoms with E-state index in [1.165, 1.54) is 0 Å². The van der Waals surface area contributed by atoms with Gasteiger partial charge in [-0.1, -0.05) is 41.9 Å². The molecule has 0 aromatic heterocycles. The van der Waals surface area contributed by atoms with Gasteiger partial charge in [-0.2, -0.15) is 0 Å². The maximum atomic E-state index is 12.1. The zero-order valence-corrected chi connectivity index (χ0v) is 18.9. The fourth-order valence-electron chi connectivity index (χ4n) is 1.88. The highest BCUT2D eigenvalue weighted by Crippen LogP contribution is 2.19. The van der Waals surface area contributed by atoms with E-state index in [2.05, 4.69) is 21.2 Å². The van der Waals surface area contributed by atoms with Crippen LogP contribution in [0.3, 0.4) is 0 Å². The topological polar surface area (TPSA) is 84.9 Å². The van der Waals surface area contributed by atoms with Crippen LogP contribution in [0.15, 0.2) is 58.0 Å². The highest BCUT2D eigenvalue weighted by molar-refractivity contribution is 9.11. The maximum absolute atomic E-state index is 12.1. The van der Waals surface area contributed by atoms with Crippen LogP contribution in [0.5, 0.6) is 0 Å². The van der Waals surface area contributed by atoms with Crippen LogP contribution >= 0.6 is 15.9 Å². The Hall–Kier alpha value is -1.96. The Morgan fingerprint density at radius 2 is 2.00 bits per heavy atom. The Morgan fingerprint density at radius 3 is 2.57 bits per heavy atom. The number of aliphatic hydroxyl groups excluding tert-OH is 1. The molecule has 28 heavy (non-hydrogen) atoms. The second-order valence-corrected chi connectivity index (χ2v) is 5.90. The molecule has 2 N–H and O–H groups in total. The van der Waals surface area contributed by atoms with Gasteiger partial charge in [-0.25, -0.2) is 0 Å². The molecule has 0 atom stereocenters. The molecule has 158 valence electrons.